The predicted octanol–water partition coefficient (Wildman–Crippen LogP) is 2.10. The fourth-order valence-corrected chi connectivity index (χ4v) is 2.34. The van der Waals surface area contributed by atoms with E-state index in [0.717, 1.165) is 22.2 Å². The monoisotopic (exact) mass is 241 g/mol. The summed E-state index contributed by atoms with van der Waals surface area (Å²) in [7, 11) is 0. The number of rotatable bonds is 1. The number of carbonyl (C=O) groups excluding carboxylic acids is 2. The van der Waals surface area contributed by atoms with Crippen LogP contribution < -0.4 is 0 Å². The third kappa shape index (κ3) is 1.66. The topological polar surface area (TPSA) is 56.3 Å². The van der Waals surface area contributed by atoms with E-state index in [9.17, 15) is 9.59 Å². The third-order valence-corrected chi connectivity index (χ3v) is 3.12. The molecule has 1 aliphatic rings. The third-order valence-electron chi connectivity index (χ3n) is 3.12. The first kappa shape index (κ1) is 10.9. The molecular weight excluding hydrogens is 230 g/mol. The highest BCUT2D eigenvalue weighted by Gasteiger charge is 2.35. The van der Waals surface area contributed by atoms with Gasteiger partial charge in [0, 0.05) is 11.1 Å². The summed E-state index contributed by atoms with van der Waals surface area (Å²) in [6.45, 7) is 1.87. The maximum atomic E-state index is 11.7. The zero-order valence-electron chi connectivity index (χ0n) is 9.84. The molecule has 0 N–H and O–H groups in total. The quantitative estimate of drug-likeness (QED) is 0.566. The molecule has 1 aromatic carbocycles. The van der Waals surface area contributed by atoms with Crippen LogP contribution in [-0.4, -0.2) is 16.9 Å². The number of aromatic nitrogens is 1. The van der Waals surface area contributed by atoms with Gasteiger partial charge in [-0.15, -0.1) is 0 Å². The van der Waals surface area contributed by atoms with E-state index < -0.39 is 17.9 Å². The Bertz CT molecular complexity index is 663. The highest BCUT2D eigenvalue weighted by molar-refractivity contribution is 6.00. The van der Waals surface area contributed by atoms with Gasteiger partial charge >= 0.3 is 11.9 Å². The number of esters is 2. The summed E-state index contributed by atoms with van der Waals surface area (Å²) in [5, 5.41) is 0.903. The SMILES string of the molecule is Cc1cc(C2CC(=O)OC2=O)c2ccccc2n1. The zero-order valence-corrected chi connectivity index (χ0v) is 9.84. The average molecular weight is 241 g/mol. The summed E-state index contributed by atoms with van der Waals surface area (Å²) in [6, 6.07) is 9.45. The van der Waals surface area contributed by atoms with Gasteiger partial charge in [0.05, 0.1) is 17.9 Å². The maximum absolute atomic E-state index is 11.7. The van der Waals surface area contributed by atoms with Crippen molar-refractivity contribution in [2.45, 2.75) is 19.3 Å². The summed E-state index contributed by atoms with van der Waals surface area (Å²) in [5.41, 5.74) is 2.49. The van der Waals surface area contributed by atoms with Crippen molar-refractivity contribution in [3.05, 3.63) is 41.6 Å². The van der Waals surface area contributed by atoms with Crippen LogP contribution in [0.5, 0.6) is 0 Å². The van der Waals surface area contributed by atoms with Crippen LogP contribution >= 0.6 is 0 Å². The molecule has 90 valence electrons. The second-order valence-corrected chi connectivity index (χ2v) is 4.42. The van der Waals surface area contributed by atoms with Gasteiger partial charge in [-0.3, -0.25) is 14.6 Å². The molecule has 0 amide bonds. The minimum Gasteiger partial charge on any atom is -0.393 e. The van der Waals surface area contributed by atoms with Crippen molar-refractivity contribution in [1.82, 2.24) is 4.98 Å². The van der Waals surface area contributed by atoms with Gasteiger partial charge in [0.15, 0.2) is 0 Å². The van der Waals surface area contributed by atoms with E-state index in [1.807, 2.05) is 37.3 Å². The molecule has 1 aromatic heterocycles. The summed E-state index contributed by atoms with van der Waals surface area (Å²) in [4.78, 5) is 27.3. The molecule has 0 aliphatic carbocycles. The first-order valence-corrected chi connectivity index (χ1v) is 5.76. The van der Waals surface area contributed by atoms with E-state index in [4.69, 9.17) is 0 Å². The number of nitrogens with zero attached hydrogens (tertiary/aromatic N) is 1. The number of carbonyl (C=O) groups is 2. The summed E-state index contributed by atoms with van der Waals surface area (Å²) in [6.07, 6.45) is 0.117. The maximum Gasteiger partial charge on any atom is 0.321 e. The van der Waals surface area contributed by atoms with Crippen molar-refractivity contribution in [3.63, 3.8) is 0 Å². The molecule has 3 rings (SSSR count). The largest absolute Gasteiger partial charge is 0.393 e. The molecule has 2 heterocycles. The van der Waals surface area contributed by atoms with Crippen LogP contribution in [-0.2, 0) is 14.3 Å². The smallest absolute Gasteiger partial charge is 0.321 e. The Morgan fingerprint density at radius 3 is 2.78 bits per heavy atom. The van der Waals surface area contributed by atoms with Gasteiger partial charge < -0.3 is 4.74 Å². The molecule has 0 bridgehead atoms. The van der Waals surface area contributed by atoms with Crippen LogP contribution in [0.2, 0.25) is 0 Å². The molecule has 4 heteroatoms. The van der Waals surface area contributed by atoms with Gasteiger partial charge in [-0.2, -0.15) is 0 Å². The summed E-state index contributed by atoms with van der Waals surface area (Å²) in [5.74, 6) is -1.41. The number of pyridine rings is 1. The number of aryl methyl sites for hydroxylation is 1. The number of hydrogen-bond acceptors (Lipinski definition) is 4. The highest BCUT2D eigenvalue weighted by atomic mass is 16.6. The molecule has 18 heavy (non-hydrogen) atoms. The molecule has 1 atom stereocenters. The molecule has 2 aromatic rings. The van der Waals surface area contributed by atoms with Crippen LogP contribution in [0.25, 0.3) is 10.9 Å². The second-order valence-electron chi connectivity index (χ2n) is 4.42. The lowest BCUT2D eigenvalue weighted by atomic mass is 9.93. The van der Waals surface area contributed by atoms with Crippen molar-refractivity contribution < 1.29 is 14.3 Å². The fourth-order valence-electron chi connectivity index (χ4n) is 2.34. The molecule has 1 fully saturated rings. The first-order valence-electron chi connectivity index (χ1n) is 5.76. The van der Waals surface area contributed by atoms with Crippen LogP contribution in [0.3, 0.4) is 0 Å². The first-order chi connectivity index (χ1) is 8.65. The van der Waals surface area contributed by atoms with Crippen molar-refractivity contribution in [2.75, 3.05) is 0 Å². The standard InChI is InChI=1S/C14H11NO3/c1-8-6-10(11-7-13(16)18-14(11)17)9-4-2-3-5-12(9)15-8/h2-6,11H,7H2,1H3. The lowest BCUT2D eigenvalue weighted by molar-refractivity contribution is -0.152. The van der Waals surface area contributed by atoms with Crippen molar-refractivity contribution >= 4 is 22.8 Å². The lowest BCUT2D eigenvalue weighted by Crippen LogP contribution is -2.07. The average Bonchev–Trinajstić information content (AvgIpc) is 2.67. The van der Waals surface area contributed by atoms with Crippen LogP contribution in [0.4, 0.5) is 0 Å². The number of ether oxygens (including phenoxy) is 1. The normalized spacial score (nSPS) is 19.3. The van der Waals surface area contributed by atoms with Gasteiger partial charge in [-0.25, -0.2) is 0 Å². The fraction of sp³-hybridized carbons (Fsp3) is 0.214. The van der Waals surface area contributed by atoms with Gasteiger partial charge in [-0.05, 0) is 24.6 Å². The van der Waals surface area contributed by atoms with E-state index in [-0.39, 0.29) is 6.42 Å². The molecular formula is C14H11NO3. The van der Waals surface area contributed by atoms with E-state index >= 15 is 0 Å². The summed E-state index contributed by atoms with van der Waals surface area (Å²) < 4.78 is 4.62. The molecule has 1 saturated heterocycles. The van der Waals surface area contributed by atoms with Crippen LogP contribution in [0, 0.1) is 6.92 Å². The van der Waals surface area contributed by atoms with E-state index in [2.05, 4.69) is 9.72 Å². The number of cyclic esters (lactones) is 2. The summed E-state index contributed by atoms with van der Waals surface area (Å²) >= 11 is 0. The predicted molar refractivity (Wildman–Crippen MR) is 64.9 cm³/mol. The molecule has 0 saturated carbocycles. The van der Waals surface area contributed by atoms with Gasteiger partial charge in [-0.1, -0.05) is 18.2 Å². The number of para-hydroxylation sites is 1. The molecule has 0 radical (unpaired) electrons. The highest BCUT2D eigenvalue weighted by Crippen LogP contribution is 2.32. The van der Waals surface area contributed by atoms with Crippen molar-refractivity contribution in [1.29, 1.82) is 0 Å². The number of benzene rings is 1. The van der Waals surface area contributed by atoms with Crippen LogP contribution in [0.1, 0.15) is 23.6 Å². The number of hydrogen-bond donors (Lipinski definition) is 0. The molecule has 4 nitrogen and oxygen atoms in total. The van der Waals surface area contributed by atoms with E-state index in [0.29, 0.717) is 0 Å². The van der Waals surface area contributed by atoms with Gasteiger partial charge in [0.2, 0.25) is 0 Å². The Morgan fingerprint density at radius 1 is 1.28 bits per heavy atom. The Morgan fingerprint density at radius 2 is 2.06 bits per heavy atom. The van der Waals surface area contributed by atoms with Crippen molar-refractivity contribution in [2.24, 2.45) is 0 Å². The Labute approximate surface area is 104 Å². The zero-order chi connectivity index (χ0) is 12.7. The van der Waals surface area contributed by atoms with E-state index in [1.165, 1.54) is 0 Å². The van der Waals surface area contributed by atoms with Gasteiger partial charge in [0.1, 0.15) is 0 Å². The van der Waals surface area contributed by atoms with E-state index in [1.54, 1.807) is 0 Å². The Kier molecular flexibility index (Phi) is 2.37. The minimum absolute atomic E-state index is 0.117. The second kappa shape index (κ2) is 3.91. The Hall–Kier alpha value is -2.23. The lowest BCUT2D eigenvalue weighted by Gasteiger charge is -2.10. The van der Waals surface area contributed by atoms with Gasteiger partial charge in [0.25, 0.3) is 0 Å². The van der Waals surface area contributed by atoms with Crippen LogP contribution in [0.15, 0.2) is 30.3 Å². The molecule has 1 aliphatic heterocycles. The van der Waals surface area contributed by atoms with Crippen molar-refractivity contribution in [3.8, 4) is 0 Å². The number of fused-ring (bicyclic) bond motifs is 1. The molecule has 0 spiro atoms. The Balaban J connectivity index is 2.22. The minimum atomic E-state index is -0.496. The molecule has 1 unspecified atom stereocenters.